The van der Waals surface area contributed by atoms with Crippen LogP contribution in [0, 0.1) is 6.92 Å². The van der Waals surface area contributed by atoms with Crippen molar-refractivity contribution in [2.45, 2.75) is 13.3 Å². The maximum Gasteiger partial charge on any atom is 0.119 e. The Morgan fingerprint density at radius 1 is 1.24 bits per heavy atom. The molecule has 0 amide bonds. The van der Waals surface area contributed by atoms with E-state index < -0.39 is 0 Å². The van der Waals surface area contributed by atoms with Gasteiger partial charge in [0.2, 0.25) is 0 Å². The molecule has 0 saturated carbocycles. The summed E-state index contributed by atoms with van der Waals surface area (Å²) in [6.07, 6.45) is 1.04. The number of nitrogens with zero attached hydrogens (tertiary/aromatic N) is 1. The van der Waals surface area contributed by atoms with Crippen molar-refractivity contribution in [3.05, 3.63) is 23.8 Å². The summed E-state index contributed by atoms with van der Waals surface area (Å²) in [6, 6.07) is 5.78. The van der Waals surface area contributed by atoms with E-state index in [0.717, 1.165) is 36.6 Å². The van der Waals surface area contributed by atoms with Gasteiger partial charge in [0, 0.05) is 12.2 Å². The van der Waals surface area contributed by atoms with Crippen LogP contribution in [-0.4, -0.2) is 32.1 Å². The van der Waals surface area contributed by atoms with Gasteiger partial charge in [0.05, 0.1) is 6.61 Å². The molecule has 0 fully saturated rings. The SMILES string of the molecule is Cc1cc(OCCCN(C)C)ccc1N.Cl.Cl. The second-order valence-electron chi connectivity index (χ2n) is 4.02. The largest absolute Gasteiger partial charge is 0.494 e. The zero-order chi connectivity index (χ0) is 11.3. The van der Waals surface area contributed by atoms with Crippen molar-refractivity contribution in [3.8, 4) is 5.75 Å². The van der Waals surface area contributed by atoms with E-state index in [-0.39, 0.29) is 24.8 Å². The van der Waals surface area contributed by atoms with Crippen LogP contribution in [0.3, 0.4) is 0 Å². The number of anilines is 1. The van der Waals surface area contributed by atoms with E-state index in [1.165, 1.54) is 0 Å². The van der Waals surface area contributed by atoms with Crippen molar-refractivity contribution >= 4 is 30.5 Å². The van der Waals surface area contributed by atoms with Crippen molar-refractivity contribution in [2.24, 2.45) is 0 Å². The maximum atomic E-state index is 5.72. The van der Waals surface area contributed by atoms with Crippen LogP contribution in [0.4, 0.5) is 5.69 Å². The van der Waals surface area contributed by atoms with E-state index >= 15 is 0 Å². The number of ether oxygens (including phenoxy) is 1. The maximum absolute atomic E-state index is 5.72. The predicted molar refractivity (Wildman–Crippen MR) is 78.8 cm³/mol. The Bertz CT molecular complexity index is 319. The number of benzene rings is 1. The first-order chi connectivity index (χ1) is 7.09. The number of nitrogen functional groups attached to an aromatic ring is 1. The molecule has 0 aliphatic rings. The molecule has 1 aromatic carbocycles. The molecule has 0 heterocycles. The third-order valence-electron chi connectivity index (χ3n) is 2.26. The molecule has 17 heavy (non-hydrogen) atoms. The fourth-order valence-electron chi connectivity index (χ4n) is 1.31. The monoisotopic (exact) mass is 280 g/mol. The molecule has 0 aliphatic carbocycles. The second-order valence-corrected chi connectivity index (χ2v) is 4.02. The molecule has 1 aromatic rings. The summed E-state index contributed by atoms with van der Waals surface area (Å²) in [5.41, 5.74) is 7.61. The van der Waals surface area contributed by atoms with Crippen LogP contribution < -0.4 is 10.5 Å². The average Bonchev–Trinajstić information content (AvgIpc) is 2.18. The zero-order valence-electron chi connectivity index (χ0n) is 10.6. The Kier molecular flexibility index (Phi) is 10.3. The summed E-state index contributed by atoms with van der Waals surface area (Å²) in [5.74, 6) is 0.903. The van der Waals surface area contributed by atoms with Crippen LogP contribution in [0.2, 0.25) is 0 Å². The molecule has 0 aromatic heterocycles. The van der Waals surface area contributed by atoms with Crippen molar-refractivity contribution in [1.82, 2.24) is 4.90 Å². The Balaban J connectivity index is 0. The highest BCUT2D eigenvalue weighted by Crippen LogP contribution is 2.18. The molecule has 1 rings (SSSR count). The fraction of sp³-hybridized carbons (Fsp3) is 0.500. The number of hydrogen-bond acceptors (Lipinski definition) is 3. The van der Waals surface area contributed by atoms with Crippen molar-refractivity contribution in [1.29, 1.82) is 0 Å². The number of halogens is 2. The molecule has 0 bridgehead atoms. The van der Waals surface area contributed by atoms with Gasteiger partial charge in [-0.2, -0.15) is 0 Å². The van der Waals surface area contributed by atoms with E-state index in [9.17, 15) is 0 Å². The number of rotatable bonds is 5. The number of nitrogens with two attached hydrogens (primary N) is 1. The van der Waals surface area contributed by atoms with Gasteiger partial charge in [0.15, 0.2) is 0 Å². The molecule has 0 atom stereocenters. The van der Waals surface area contributed by atoms with Gasteiger partial charge in [-0.1, -0.05) is 0 Å². The van der Waals surface area contributed by atoms with Crippen molar-refractivity contribution in [3.63, 3.8) is 0 Å². The highest BCUT2D eigenvalue weighted by Gasteiger charge is 1.97. The summed E-state index contributed by atoms with van der Waals surface area (Å²) in [4.78, 5) is 2.15. The van der Waals surface area contributed by atoms with Gasteiger partial charge in [-0.15, -0.1) is 24.8 Å². The van der Waals surface area contributed by atoms with E-state index in [4.69, 9.17) is 10.5 Å². The summed E-state index contributed by atoms with van der Waals surface area (Å²) in [7, 11) is 4.13. The van der Waals surface area contributed by atoms with E-state index in [2.05, 4.69) is 19.0 Å². The topological polar surface area (TPSA) is 38.5 Å². The standard InChI is InChI=1S/C12H20N2O.2ClH/c1-10-9-11(5-6-12(10)13)15-8-4-7-14(2)3;;/h5-6,9H,4,7-8,13H2,1-3H3;2*1H. The molecule has 0 unspecified atom stereocenters. The Hall–Kier alpha value is -0.640. The van der Waals surface area contributed by atoms with Crippen molar-refractivity contribution in [2.75, 3.05) is 33.0 Å². The Labute approximate surface area is 116 Å². The minimum absolute atomic E-state index is 0. The molecular formula is C12H22Cl2N2O. The number of hydrogen-bond donors (Lipinski definition) is 1. The van der Waals surface area contributed by atoms with Gasteiger partial charge >= 0.3 is 0 Å². The van der Waals surface area contributed by atoms with Crippen LogP contribution in [-0.2, 0) is 0 Å². The van der Waals surface area contributed by atoms with E-state index in [1.807, 2.05) is 25.1 Å². The summed E-state index contributed by atoms with van der Waals surface area (Å²) < 4.78 is 5.61. The van der Waals surface area contributed by atoms with Gasteiger partial charge in [0.1, 0.15) is 5.75 Å². The lowest BCUT2D eigenvalue weighted by Crippen LogP contribution is -2.15. The predicted octanol–water partition coefficient (Wildman–Crippen LogP) is 2.75. The summed E-state index contributed by atoms with van der Waals surface area (Å²) in [6.45, 7) is 3.79. The fourth-order valence-corrected chi connectivity index (χ4v) is 1.31. The summed E-state index contributed by atoms with van der Waals surface area (Å²) in [5, 5.41) is 0. The molecule has 3 nitrogen and oxygen atoms in total. The highest BCUT2D eigenvalue weighted by molar-refractivity contribution is 5.85. The third-order valence-corrected chi connectivity index (χ3v) is 2.26. The van der Waals surface area contributed by atoms with Crippen LogP contribution >= 0.6 is 24.8 Å². The second kappa shape index (κ2) is 9.40. The molecular weight excluding hydrogens is 259 g/mol. The molecule has 2 N–H and O–H groups in total. The van der Waals surface area contributed by atoms with Crippen LogP contribution in [0.5, 0.6) is 5.75 Å². The zero-order valence-corrected chi connectivity index (χ0v) is 12.2. The Morgan fingerprint density at radius 2 is 1.88 bits per heavy atom. The lowest BCUT2D eigenvalue weighted by atomic mass is 10.2. The van der Waals surface area contributed by atoms with Gasteiger partial charge in [-0.05, 0) is 51.2 Å². The quantitative estimate of drug-likeness (QED) is 0.666. The molecule has 5 heteroatoms. The highest BCUT2D eigenvalue weighted by atomic mass is 35.5. The lowest BCUT2D eigenvalue weighted by Gasteiger charge is -2.11. The van der Waals surface area contributed by atoms with Crippen LogP contribution in [0.1, 0.15) is 12.0 Å². The van der Waals surface area contributed by atoms with Crippen molar-refractivity contribution < 1.29 is 4.74 Å². The Morgan fingerprint density at radius 3 is 2.41 bits per heavy atom. The first-order valence-electron chi connectivity index (χ1n) is 5.23. The first kappa shape index (κ1) is 18.7. The first-order valence-corrected chi connectivity index (χ1v) is 5.23. The average molecular weight is 281 g/mol. The van der Waals surface area contributed by atoms with Crippen LogP contribution in [0.15, 0.2) is 18.2 Å². The lowest BCUT2D eigenvalue weighted by molar-refractivity contribution is 0.281. The third kappa shape index (κ3) is 7.31. The molecule has 0 spiro atoms. The smallest absolute Gasteiger partial charge is 0.119 e. The minimum atomic E-state index is 0. The van der Waals surface area contributed by atoms with Gasteiger partial charge in [-0.25, -0.2) is 0 Å². The minimum Gasteiger partial charge on any atom is -0.494 e. The van der Waals surface area contributed by atoms with Crippen LogP contribution in [0.25, 0.3) is 0 Å². The molecule has 100 valence electrons. The molecule has 0 saturated heterocycles. The molecule has 0 aliphatic heterocycles. The normalized spacial score (nSPS) is 9.41. The van der Waals surface area contributed by atoms with Gasteiger partial charge < -0.3 is 15.4 Å². The van der Waals surface area contributed by atoms with Gasteiger partial charge in [-0.3, -0.25) is 0 Å². The van der Waals surface area contributed by atoms with Gasteiger partial charge in [0.25, 0.3) is 0 Å². The summed E-state index contributed by atoms with van der Waals surface area (Å²) >= 11 is 0. The number of aryl methyl sites for hydroxylation is 1. The van der Waals surface area contributed by atoms with E-state index in [0.29, 0.717) is 0 Å². The molecule has 0 radical (unpaired) electrons. The van der Waals surface area contributed by atoms with E-state index in [1.54, 1.807) is 0 Å².